The number of hydrogen-bond acceptors (Lipinski definition) is 4. The average Bonchev–Trinajstić information content (AvgIpc) is 2.95. The molecule has 1 aliphatic heterocycles. The molecule has 0 aromatic carbocycles. The van der Waals surface area contributed by atoms with E-state index in [1.165, 1.54) is 0 Å². The second kappa shape index (κ2) is 6.70. The fourth-order valence-electron chi connectivity index (χ4n) is 2.90. The van der Waals surface area contributed by atoms with Crippen molar-refractivity contribution in [1.82, 2.24) is 14.7 Å². The van der Waals surface area contributed by atoms with E-state index in [0.29, 0.717) is 0 Å². The Morgan fingerprint density at radius 3 is 2.70 bits per heavy atom. The summed E-state index contributed by atoms with van der Waals surface area (Å²) in [5.74, 6) is 0. The number of morpholine rings is 1. The Kier molecular flexibility index (Phi) is 5.18. The predicted octanol–water partition coefficient (Wildman–Crippen LogP) is 1.83. The van der Waals surface area contributed by atoms with E-state index in [1.54, 1.807) is 6.20 Å². The SMILES string of the molecule is CCCn1cc(C(O)C(C)(CC)N2CCOCC2)cn1. The number of aliphatic hydroxyl groups excluding tert-OH is 1. The van der Waals surface area contributed by atoms with Gasteiger partial charge in [-0.05, 0) is 19.8 Å². The fourth-order valence-corrected chi connectivity index (χ4v) is 2.90. The van der Waals surface area contributed by atoms with Crippen LogP contribution in [-0.4, -0.2) is 51.6 Å². The molecule has 5 nitrogen and oxygen atoms in total. The average molecular weight is 281 g/mol. The van der Waals surface area contributed by atoms with Crippen LogP contribution in [0.25, 0.3) is 0 Å². The lowest BCUT2D eigenvalue weighted by molar-refractivity contribution is -0.0734. The molecule has 2 atom stereocenters. The maximum Gasteiger partial charge on any atom is 0.100 e. The van der Waals surface area contributed by atoms with Gasteiger partial charge in [0, 0.05) is 36.9 Å². The number of rotatable bonds is 6. The fraction of sp³-hybridized carbons (Fsp3) is 0.800. The van der Waals surface area contributed by atoms with Gasteiger partial charge in [-0.1, -0.05) is 13.8 Å². The Labute approximate surface area is 121 Å². The minimum absolute atomic E-state index is 0.260. The van der Waals surface area contributed by atoms with Crippen molar-refractivity contribution in [2.24, 2.45) is 0 Å². The topological polar surface area (TPSA) is 50.5 Å². The van der Waals surface area contributed by atoms with Crippen molar-refractivity contribution in [2.45, 2.75) is 51.8 Å². The number of ether oxygens (including phenoxy) is 1. The molecule has 0 amide bonds. The van der Waals surface area contributed by atoms with E-state index in [-0.39, 0.29) is 5.54 Å². The van der Waals surface area contributed by atoms with Gasteiger partial charge in [-0.15, -0.1) is 0 Å². The van der Waals surface area contributed by atoms with Crippen LogP contribution in [0.15, 0.2) is 12.4 Å². The van der Waals surface area contributed by atoms with Gasteiger partial charge in [0.05, 0.1) is 19.4 Å². The number of aryl methyl sites for hydroxylation is 1. The Morgan fingerprint density at radius 2 is 2.10 bits per heavy atom. The first kappa shape index (κ1) is 15.5. The summed E-state index contributed by atoms with van der Waals surface area (Å²) in [6.07, 6.45) is 5.20. The van der Waals surface area contributed by atoms with Gasteiger partial charge in [0.15, 0.2) is 0 Å². The van der Waals surface area contributed by atoms with E-state index in [9.17, 15) is 5.11 Å². The van der Waals surface area contributed by atoms with E-state index < -0.39 is 6.10 Å². The van der Waals surface area contributed by atoms with E-state index in [2.05, 4.69) is 30.8 Å². The maximum absolute atomic E-state index is 10.8. The molecule has 20 heavy (non-hydrogen) atoms. The maximum atomic E-state index is 10.8. The Bertz CT molecular complexity index is 415. The van der Waals surface area contributed by atoms with E-state index in [1.807, 2.05) is 10.9 Å². The molecule has 0 radical (unpaired) electrons. The van der Waals surface area contributed by atoms with Gasteiger partial charge in [-0.25, -0.2) is 0 Å². The van der Waals surface area contributed by atoms with Crippen LogP contribution >= 0.6 is 0 Å². The Balaban J connectivity index is 2.15. The molecular formula is C15H27N3O2. The summed E-state index contributed by atoms with van der Waals surface area (Å²) >= 11 is 0. The zero-order valence-corrected chi connectivity index (χ0v) is 12.9. The number of nitrogens with zero attached hydrogens (tertiary/aromatic N) is 3. The largest absolute Gasteiger partial charge is 0.386 e. The standard InChI is InChI=1S/C15H27N3O2/c1-4-6-18-12-13(11-16-18)14(19)15(3,5-2)17-7-9-20-10-8-17/h11-12,14,19H,4-10H2,1-3H3. The van der Waals surface area contributed by atoms with Crippen LogP contribution < -0.4 is 0 Å². The summed E-state index contributed by atoms with van der Waals surface area (Å²) in [6, 6.07) is 0. The van der Waals surface area contributed by atoms with Gasteiger partial charge in [0.25, 0.3) is 0 Å². The van der Waals surface area contributed by atoms with Crippen LogP contribution in [0.1, 0.15) is 45.3 Å². The number of hydrogen-bond donors (Lipinski definition) is 1. The molecule has 1 aliphatic rings. The first-order valence-corrected chi connectivity index (χ1v) is 7.65. The summed E-state index contributed by atoms with van der Waals surface area (Å²) in [5, 5.41) is 15.2. The normalized spacial score (nSPS) is 21.6. The molecule has 2 rings (SSSR count). The van der Waals surface area contributed by atoms with Crippen molar-refractivity contribution in [3.05, 3.63) is 18.0 Å². The van der Waals surface area contributed by atoms with Crippen LogP contribution in [0.5, 0.6) is 0 Å². The molecule has 2 unspecified atom stereocenters. The van der Waals surface area contributed by atoms with Gasteiger partial charge in [-0.3, -0.25) is 9.58 Å². The highest BCUT2D eigenvalue weighted by Gasteiger charge is 2.39. The predicted molar refractivity (Wildman–Crippen MR) is 78.6 cm³/mol. The third kappa shape index (κ3) is 3.05. The minimum atomic E-state index is -0.517. The molecule has 1 saturated heterocycles. The summed E-state index contributed by atoms with van der Waals surface area (Å²) in [6.45, 7) is 10.5. The van der Waals surface area contributed by atoms with Crippen LogP contribution in [0.2, 0.25) is 0 Å². The third-order valence-corrected chi connectivity index (χ3v) is 4.46. The molecule has 1 N–H and O–H groups in total. The van der Waals surface area contributed by atoms with Crippen LogP contribution in [0, 0.1) is 0 Å². The van der Waals surface area contributed by atoms with Gasteiger partial charge < -0.3 is 9.84 Å². The Hall–Kier alpha value is -0.910. The quantitative estimate of drug-likeness (QED) is 0.864. The van der Waals surface area contributed by atoms with Gasteiger partial charge in [-0.2, -0.15) is 5.10 Å². The lowest BCUT2D eigenvalue weighted by Crippen LogP contribution is -2.54. The second-order valence-corrected chi connectivity index (χ2v) is 5.75. The van der Waals surface area contributed by atoms with Crippen molar-refractivity contribution in [2.75, 3.05) is 26.3 Å². The van der Waals surface area contributed by atoms with Gasteiger partial charge in [0.1, 0.15) is 6.10 Å². The summed E-state index contributed by atoms with van der Waals surface area (Å²) in [4.78, 5) is 2.35. The molecular weight excluding hydrogens is 254 g/mol. The minimum Gasteiger partial charge on any atom is -0.386 e. The van der Waals surface area contributed by atoms with Crippen molar-refractivity contribution >= 4 is 0 Å². The lowest BCUT2D eigenvalue weighted by Gasteiger charge is -2.45. The first-order chi connectivity index (χ1) is 9.61. The highest BCUT2D eigenvalue weighted by atomic mass is 16.5. The number of aliphatic hydroxyl groups is 1. The molecule has 0 spiro atoms. The van der Waals surface area contributed by atoms with Crippen LogP contribution in [-0.2, 0) is 11.3 Å². The summed E-state index contributed by atoms with van der Waals surface area (Å²) < 4.78 is 7.33. The monoisotopic (exact) mass is 281 g/mol. The molecule has 0 bridgehead atoms. The highest BCUT2D eigenvalue weighted by Crippen LogP contribution is 2.34. The van der Waals surface area contributed by atoms with Crippen molar-refractivity contribution < 1.29 is 9.84 Å². The molecule has 114 valence electrons. The Morgan fingerprint density at radius 1 is 1.40 bits per heavy atom. The molecule has 0 saturated carbocycles. The van der Waals surface area contributed by atoms with Crippen molar-refractivity contribution in [3.8, 4) is 0 Å². The van der Waals surface area contributed by atoms with E-state index in [4.69, 9.17) is 4.74 Å². The highest BCUT2D eigenvalue weighted by molar-refractivity contribution is 5.14. The number of aromatic nitrogens is 2. The molecule has 1 fully saturated rings. The second-order valence-electron chi connectivity index (χ2n) is 5.75. The first-order valence-electron chi connectivity index (χ1n) is 7.65. The van der Waals surface area contributed by atoms with E-state index in [0.717, 1.165) is 51.3 Å². The van der Waals surface area contributed by atoms with E-state index >= 15 is 0 Å². The van der Waals surface area contributed by atoms with Crippen LogP contribution in [0.3, 0.4) is 0 Å². The molecule has 5 heteroatoms. The zero-order chi connectivity index (χ0) is 14.6. The third-order valence-electron chi connectivity index (χ3n) is 4.46. The molecule has 1 aromatic rings. The van der Waals surface area contributed by atoms with Crippen molar-refractivity contribution in [1.29, 1.82) is 0 Å². The van der Waals surface area contributed by atoms with Gasteiger partial charge >= 0.3 is 0 Å². The van der Waals surface area contributed by atoms with Crippen LogP contribution in [0.4, 0.5) is 0 Å². The molecule has 0 aliphatic carbocycles. The molecule has 1 aromatic heterocycles. The molecule has 2 heterocycles. The smallest absolute Gasteiger partial charge is 0.100 e. The zero-order valence-electron chi connectivity index (χ0n) is 12.9. The summed E-state index contributed by atoms with van der Waals surface area (Å²) in [5.41, 5.74) is 0.651. The lowest BCUT2D eigenvalue weighted by atomic mass is 9.86. The van der Waals surface area contributed by atoms with Gasteiger partial charge in [0.2, 0.25) is 0 Å². The van der Waals surface area contributed by atoms with Crippen molar-refractivity contribution in [3.63, 3.8) is 0 Å². The summed E-state index contributed by atoms with van der Waals surface area (Å²) in [7, 11) is 0.